The maximum Gasteiger partial charge on any atom is 0.344 e. The molecule has 1 aromatic rings. The van der Waals surface area contributed by atoms with Gasteiger partial charge >= 0.3 is 11.9 Å². The largest absolute Gasteiger partial charge is 0.497 e. The molecule has 1 N–H and O–H groups in total. The minimum atomic E-state index is -2.05. The molecule has 1 unspecified atom stereocenters. The Bertz CT molecular complexity index is 641. The lowest BCUT2D eigenvalue weighted by Crippen LogP contribution is -2.61. The van der Waals surface area contributed by atoms with Crippen molar-refractivity contribution in [3.8, 4) is 5.75 Å². The summed E-state index contributed by atoms with van der Waals surface area (Å²) in [4.78, 5) is 37.8. The molecule has 0 aromatic heterocycles. The van der Waals surface area contributed by atoms with Crippen LogP contribution in [0.2, 0.25) is 0 Å². The van der Waals surface area contributed by atoms with Crippen LogP contribution in [0.4, 0.5) is 0 Å². The van der Waals surface area contributed by atoms with Gasteiger partial charge < -0.3 is 19.5 Å². The molecule has 1 fully saturated rings. The number of nitrogens with zero attached hydrogens (tertiary/aromatic N) is 1. The maximum atomic E-state index is 12.6. The van der Waals surface area contributed by atoms with E-state index in [1.165, 1.54) is 14.0 Å². The molecule has 130 valence electrons. The first-order valence-corrected chi connectivity index (χ1v) is 7.72. The van der Waals surface area contributed by atoms with Gasteiger partial charge in [-0.25, -0.2) is 9.59 Å². The van der Waals surface area contributed by atoms with Crippen molar-refractivity contribution in [3.05, 3.63) is 29.8 Å². The number of carbonyl (C=O) groups excluding carboxylic acids is 2. The van der Waals surface area contributed by atoms with Gasteiger partial charge in [-0.2, -0.15) is 0 Å². The number of aliphatic carboxylic acids is 1. The molecule has 0 radical (unpaired) electrons. The van der Waals surface area contributed by atoms with E-state index >= 15 is 0 Å². The zero-order valence-corrected chi connectivity index (χ0v) is 13.9. The summed E-state index contributed by atoms with van der Waals surface area (Å²) in [7, 11) is 1.53. The summed E-state index contributed by atoms with van der Waals surface area (Å²) in [6.07, 6.45) is 0.358. The number of likely N-dealkylation sites (tertiary alicyclic amines) is 1. The summed E-state index contributed by atoms with van der Waals surface area (Å²) < 4.78 is 10.1. The molecule has 0 saturated carbocycles. The molecular formula is C17H21NO6. The van der Waals surface area contributed by atoms with Gasteiger partial charge in [-0.1, -0.05) is 12.1 Å². The minimum Gasteiger partial charge on any atom is -0.497 e. The molecular weight excluding hydrogens is 314 g/mol. The molecule has 1 aromatic carbocycles. The number of benzene rings is 1. The number of carbonyl (C=O) groups is 3. The average Bonchev–Trinajstić information content (AvgIpc) is 2.96. The van der Waals surface area contributed by atoms with Crippen molar-refractivity contribution in [1.82, 2.24) is 4.90 Å². The Kier molecular flexibility index (Phi) is 5.11. The Hall–Kier alpha value is -2.57. The number of hydrogen-bond acceptors (Lipinski definition) is 5. The van der Waals surface area contributed by atoms with Crippen LogP contribution in [0.1, 0.15) is 31.7 Å². The lowest BCUT2D eigenvalue weighted by molar-refractivity contribution is -0.174. The van der Waals surface area contributed by atoms with Crippen LogP contribution < -0.4 is 4.74 Å². The molecule has 0 aliphatic carbocycles. The van der Waals surface area contributed by atoms with E-state index in [1.54, 1.807) is 31.2 Å². The fourth-order valence-electron chi connectivity index (χ4n) is 3.33. The molecule has 1 aliphatic rings. The molecule has 2 rings (SSSR count). The Labute approximate surface area is 140 Å². The average molecular weight is 335 g/mol. The second-order valence-corrected chi connectivity index (χ2v) is 5.58. The van der Waals surface area contributed by atoms with E-state index in [1.807, 2.05) is 0 Å². The third kappa shape index (κ3) is 2.70. The van der Waals surface area contributed by atoms with Gasteiger partial charge in [0.05, 0.1) is 13.7 Å². The first-order valence-electron chi connectivity index (χ1n) is 7.72. The van der Waals surface area contributed by atoms with Crippen molar-refractivity contribution < 1.29 is 29.0 Å². The summed E-state index contributed by atoms with van der Waals surface area (Å²) in [6, 6.07) is 6.82. The third-order valence-corrected chi connectivity index (χ3v) is 4.38. The van der Waals surface area contributed by atoms with Crippen molar-refractivity contribution in [1.29, 1.82) is 0 Å². The maximum absolute atomic E-state index is 12.6. The predicted molar refractivity (Wildman–Crippen MR) is 84.7 cm³/mol. The monoisotopic (exact) mass is 335 g/mol. The molecule has 7 nitrogen and oxygen atoms in total. The highest BCUT2D eigenvalue weighted by Gasteiger charge is 2.63. The summed E-state index contributed by atoms with van der Waals surface area (Å²) >= 11 is 0. The van der Waals surface area contributed by atoms with E-state index < -0.39 is 29.3 Å². The number of esters is 1. The van der Waals surface area contributed by atoms with Crippen LogP contribution in [-0.4, -0.2) is 53.7 Å². The minimum absolute atomic E-state index is 0.0366. The molecule has 7 heteroatoms. The SMILES string of the molecule is CCOC(=O)[C@@]1(C(=O)O)C(c2ccc(OC)cc2)CCN1C(C)=O. The number of hydrogen-bond donors (Lipinski definition) is 1. The van der Waals surface area contributed by atoms with Crippen LogP contribution in [0, 0.1) is 0 Å². The lowest BCUT2D eigenvalue weighted by atomic mass is 9.79. The number of carboxylic acid groups (broad SMARTS) is 1. The highest BCUT2D eigenvalue weighted by Crippen LogP contribution is 2.44. The molecule has 1 heterocycles. The summed E-state index contributed by atoms with van der Waals surface area (Å²) in [5.74, 6) is -2.83. The van der Waals surface area contributed by atoms with Gasteiger partial charge in [-0.15, -0.1) is 0 Å². The summed E-state index contributed by atoms with van der Waals surface area (Å²) in [6.45, 7) is 3.07. The molecule has 0 bridgehead atoms. The molecule has 0 spiro atoms. The van der Waals surface area contributed by atoms with Gasteiger partial charge in [0.2, 0.25) is 11.4 Å². The topological polar surface area (TPSA) is 93.1 Å². The van der Waals surface area contributed by atoms with Gasteiger partial charge in [-0.3, -0.25) is 4.79 Å². The number of amides is 1. The van der Waals surface area contributed by atoms with Crippen LogP contribution in [0.15, 0.2) is 24.3 Å². The molecule has 1 amide bonds. The Balaban J connectivity index is 2.56. The molecule has 24 heavy (non-hydrogen) atoms. The van der Waals surface area contributed by atoms with E-state index in [9.17, 15) is 19.5 Å². The first kappa shape index (κ1) is 17.8. The van der Waals surface area contributed by atoms with Crippen LogP contribution in [0.25, 0.3) is 0 Å². The van der Waals surface area contributed by atoms with E-state index in [4.69, 9.17) is 9.47 Å². The zero-order valence-electron chi connectivity index (χ0n) is 13.9. The number of carboxylic acids is 1. The van der Waals surface area contributed by atoms with Crippen molar-refractivity contribution >= 4 is 17.8 Å². The molecule has 1 aliphatic heterocycles. The van der Waals surface area contributed by atoms with Gasteiger partial charge in [-0.05, 0) is 31.0 Å². The van der Waals surface area contributed by atoms with Crippen LogP contribution in [0.3, 0.4) is 0 Å². The number of ether oxygens (including phenoxy) is 2. The first-order chi connectivity index (χ1) is 11.4. The van der Waals surface area contributed by atoms with Crippen molar-refractivity contribution in [2.24, 2.45) is 0 Å². The van der Waals surface area contributed by atoms with Crippen LogP contribution in [0.5, 0.6) is 5.75 Å². The molecule has 1 saturated heterocycles. The Morgan fingerprint density at radius 1 is 1.29 bits per heavy atom. The molecule has 2 atom stereocenters. The van der Waals surface area contributed by atoms with Gasteiger partial charge in [0.25, 0.3) is 0 Å². The van der Waals surface area contributed by atoms with Crippen molar-refractivity contribution in [2.75, 3.05) is 20.3 Å². The van der Waals surface area contributed by atoms with Gasteiger partial charge in [0.1, 0.15) is 5.75 Å². The van der Waals surface area contributed by atoms with Gasteiger partial charge in [0.15, 0.2) is 0 Å². The quantitative estimate of drug-likeness (QED) is 0.646. The Morgan fingerprint density at radius 2 is 1.92 bits per heavy atom. The highest BCUT2D eigenvalue weighted by atomic mass is 16.5. The smallest absolute Gasteiger partial charge is 0.344 e. The van der Waals surface area contributed by atoms with Gasteiger partial charge in [0, 0.05) is 19.4 Å². The van der Waals surface area contributed by atoms with E-state index in [2.05, 4.69) is 0 Å². The lowest BCUT2D eigenvalue weighted by Gasteiger charge is -2.35. The number of methoxy groups -OCH3 is 1. The zero-order chi connectivity index (χ0) is 17.9. The third-order valence-electron chi connectivity index (χ3n) is 4.38. The normalized spacial score (nSPS) is 23.0. The van der Waals surface area contributed by atoms with Crippen molar-refractivity contribution in [2.45, 2.75) is 31.7 Å². The highest BCUT2D eigenvalue weighted by molar-refractivity contribution is 6.08. The van der Waals surface area contributed by atoms with Crippen LogP contribution >= 0.6 is 0 Å². The van der Waals surface area contributed by atoms with E-state index in [0.29, 0.717) is 17.7 Å². The second-order valence-electron chi connectivity index (χ2n) is 5.58. The second kappa shape index (κ2) is 6.90. The standard InChI is InChI=1S/C17H21NO6/c1-4-24-16(22)17(15(20)21)14(9-10-18(17)11(2)19)12-5-7-13(23-3)8-6-12/h5-8,14H,4,9-10H2,1-3H3,(H,20,21)/t14?,17-/m0/s1. The van der Waals surface area contributed by atoms with E-state index in [0.717, 1.165) is 4.90 Å². The number of rotatable bonds is 5. The van der Waals surface area contributed by atoms with E-state index in [-0.39, 0.29) is 13.2 Å². The fraction of sp³-hybridized carbons (Fsp3) is 0.471. The van der Waals surface area contributed by atoms with Crippen molar-refractivity contribution in [3.63, 3.8) is 0 Å². The van der Waals surface area contributed by atoms with Crippen LogP contribution in [-0.2, 0) is 19.1 Å². The summed E-state index contributed by atoms with van der Waals surface area (Å²) in [5, 5.41) is 9.89. The predicted octanol–water partition coefficient (Wildman–Crippen LogP) is 1.42. The fourth-order valence-corrected chi connectivity index (χ4v) is 3.33. The summed E-state index contributed by atoms with van der Waals surface area (Å²) in [5.41, 5.74) is -1.40. The Morgan fingerprint density at radius 3 is 2.38 bits per heavy atom.